The van der Waals surface area contributed by atoms with Crippen LogP contribution in [0.2, 0.25) is 0 Å². The maximum Gasteiger partial charge on any atom is 0.227 e. The molecule has 7 heteroatoms. The molecular weight excluding hydrogens is 318 g/mol. The van der Waals surface area contributed by atoms with Crippen LogP contribution in [-0.2, 0) is 17.6 Å². The van der Waals surface area contributed by atoms with Crippen LogP contribution in [0.4, 0.5) is 5.82 Å². The molecule has 1 saturated heterocycles. The molecule has 0 aromatic carbocycles. The first-order valence-electron chi connectivity index (χ1n) is 8.93. The van der Waals surface area contributed by atoms with Gasteiger partial charge in [-0.1, -0.05) is 18.1 Å². The van der Waals surface area contributed by atoms with Gasteiger partial charge in [0.1, 0.15) is 5.82 Å². The van der Waals surface area contributed by atoms with Crippen LogP contribution in [-0.4, -0.2) is 40.2 Å². The Morgan fingerprint density at radius 1 is 1.40 bits per heavy atom. The first-order chi connectivity index (χ1) is 12.1. The van der Waals surface area contributed by atoms with Crippen LogP contribution in [0, 0.1) is 6.92 Å². The molecule has 3 rings (SSSR count). The third kappa shape index (κ3) is 4.78. The predicted octanol–water partition coefficient (Wildman–Crippen LogP) is 2.05. The number of aromatic nitrogens is 3. The second kappa shape index (κ2) is 8.09. The number of nitrogens with zero attached hydrogens (tertiary/aromatic N) is 4. The number of carbonyl (C=O) groups is 1. The molecule has 1 fully saturated rings. The van der Waals surface area contributed by atoms with Crippen LogP contribution in [0.25, 0.3) is 0 Å². The second-order valence-corrected chi connectivity index (χ2v) is 6.45. The Morgan fingerprint density at radius 3 is 3.04 bits per heavy atom. The molecule has 134 valence electrons. The summed E-state index contributed by atoms with van der Waals surface area (Å²) in [4.78, 5) is 23.3. The molecule has 0 unspecified atom stereocenters. The topological polar surface area (TPSA) is 84.2 Å². The molecule has 2 aromatic heterocycles. The van der Waals surface area contributed by atoms with E-state index in [4.69, 9.17) is 4.52 Å². The van der Waals surface area contributed by atoms with Gasteiger partial charge in [0.25, 0.3) is 0 Å². The number of amides is 1. The number of rotatable bonds is 6. The number of anilines is 1. The van der Waals surface area contributed by atoms with Crippen molar-refractivity contribution < 1.29 is 9.32 Å². The van der Waals surface area contributed by atoms with Crippen molar-refractivity contribution in [2.45, 2.75) is 52.0 Å². The van der Waals surface area contributed by atoms with Crippen LogP contribution in [0.3, 0.4) is 0 Å². The van der Waals surface area contributed by atoms with Crippen molar-refractivity contribution in [1.82, 2.24) is 20.4 Å². The van der Waals surface area contributed by atoms with E-state index in [2.05, 4.69) is 25.3 Å². The number of piperidine rings is 1. The Labute approximate surface area is 147 Å². The summed E-state index contributed by atoms with van der Waals surface area (Å²) in [5, 5.41) is 6.97. The van der Waals surface area contributed by atoms with Crippen LogP contribution in [0.15, 0.2) is 22.7 Å². The van der Waals surface area contributed by atoms with E-state index < -0.39 is 0 Å². The fourth-order valence-electron chi connectivity index (χ4n) is 3.06. The first-order valence-corrected chi connectivity index (χ1v) is 8.93. The van der Waals surface area contributed by atoms with E-state index in [1.54, 1.807) is 0 Å². The molecule has 25 heavy (non-hydrogen) atoms. The summed E-state index contributed by atoms with van der Waals surface area (Å²) in [6.45, 7) is 5.74. The molecule has 1 aliphatic heterocycles. The van der Waals surface area contributed by atoms with Crippen molar-refractivity contribution in [1.29, 1.82) is 0 Å². The summed E-state index contributed by atoms with van der Waals surface area (Å²) in [6.07, 6.45) is 3.62. The van der Waals surface area contributed by atoms with Gasteiger partial charge in [-0.05, 0) is 31.9 Å². The van der Waals surface area contributed by atoms with Crippen LogP contribution < -0.4 is 10.2 Å². The largest absolute Gasteiger partial charge is 0.355 e. The fourth-order valence-corrected chi connectivity index (χ4v) is 3.06. The molecule has 7 nitrogen and oxygen atoms in total. The normalized spacial score (nSPS) is 17.5. The van der Waals surface area contributed by atoms with Gasteiger partial charge in [0, 0.05) is 44.1 Å². The zero-order chi connectivity index (χ0) is 17.6. The van der Waals surface area contributed by atoms with Gasteiger partial charge in [-0.25, -0.2) is 4.98 Å². The van der Waals surface area contributed by atoms with Crippen molar-refractivity contribution in [2.24, 2.45) is 0 Å². The highest BCUT2D eigenvalue weighted by molar-refractivity contribution is 5.76. The van der Waals surface area contributed by atoms with E-state index in [1.807, 2.05) is 32.0 Å². The standard InChI is InChI=1S/C18H25N5O2/c1-3-15-21-18(25-22-15)10-9-17(24)20-14-7-5-11-23(12-14)16-8-4-6-13(2)19-16/h4,6,8,14H,3,5,7,9-12H2,1-2H3,(H,20,24)/t14-/m1/s1. The maximum absolute atomic E-state index is 12.2. The highest BCUT2D eigenvalue weighted by Crippen LogP contribution is 2.18. The van der Waals surface area contributed by atoms with E-state index in [0.717, 1.165) is 43.9 Å². The van der Waals surface area contributed by atoms with Crippen molar-refractivity contribution in [2.75, 3.05) is 18.0 Å². The van der Waals surface area contributed by atoms with E-state index >= 15 is 0 Å². The van der Waals surface area contributed by atoms with Crippen molar-refractivity contribution >= 4 is 11.7 Å². The predicted molar refractivity (Wildman–Crippen MR) is 94.3 cm³/mol. The fraction of sp³-hybridized carbons (Fsp3) is 0.556. The molecule has 3 heterocycles. The molecule has 1 aliphatic rings. The first kappa shape index (κ1) is 17.4. The van der Waals surface area contributed by atoms with E-state index in [-0.39, 0.29) is 11.9 Å². The minimum Gasteiger partial charge on any atom is -0.355 e. The molecule has 1 atom stereocenters. The lowest BCUT2D eigenvalue weighted by Crippen LogP contribution is -2.48. The summed E-state index contributed by atoms with van der Waals surface area (Å²) < 4.78 is 5.12. The monoisotopic (exact) mass is 343 g/mol. The average molecular weight is 343 g/mol. The Kier molecular flexibility index (Phi) is 5.63. The van der Waals surface area contributed by atoms with Gasteiger partial charge in [0.2, 0.25) is 11.8 Å². The van der Waals surface area contributed by atoms with Crippen LogP contribution >= 0.6 is 0 Å². The number of nitrogens with one attached hydrogen (secondary N) is 1. The zero-order valence-electron chi connectivity index (χ0n) is 14.9. The average Bonchev–Trinajstić information content (AvgIpc) is 3.08. The van der Waals surface area contributed by atoms with Gasteiger partial charge >= 0.3 is 0 Å². The number of hydrogen-bond donors (Lipinski definition) is 1. The summed E-state index contributed by atoms with van der Waals surface area (Å²) in [5.41, 5.74) is 1.01. The Hall–Kier alpha value is -2.44. The lowest BCUT2D eigenvalue weighted by atomic mass is 10.1. The summed E-state index contributed by atoms with van der Waals surface area (Å²) in [5.74, 6) is 2.22. The van der Waals surface area contributed by atoms with Crippen molar-refractivity contribution in [3.8, 4) is 0 Å². The lowest BCUT2D eigenvalue weighted by molar-refractivity contribution is -0.121. The molecule has 0 bridgehead atoms. The van der Waals surface area contributed by atoms with Gasteiger partial charge < -0.3 is 14.7 Å². The Balaban J connectivity index is 1.49. The van der Waals surface area contributed by atoms with Crippen LogP contribution in [0.5, 0.6) is 0 Å². The smallest absolute Gasteiger partial charge is 0.227 e. The summed E-state index contributed by atoms with van der Waals surface area (Å²) in [7, 11) is 0. The number of hydrogen-bond acceptors (Lipinski definition) is 6. The summed E-state index contributed by atoms with van der Waals surface area (Å²) >= 11 is 0. The molecule has 0 aliphatic carbocycles. The maximum atomic E-state index is 12.2. The van der Waals surface area contributed by atoms with Gasteiger partial charge in [-0.2, -0.15) is 4.98 Å². The SMILES string of the molecule is CCc1noc(CCC(=O)N[C@@H]2CCCN(c3cccc(C)n3)C2)n1. The van der Waals surface area contributed by atoms with E-state index in [9.17, 15) is 4.79 Å². The van der Waals surface area contributed by atoms with E-state index in [0.29, 0.717) is 24.6 Å². The third-order valence-electron chi connectivity index (χ3n) is 4.38. The number of pyridine rings is 1. The molecular formula is C18H25N5O2. The zero-order valence-corrected chi connectivity index (χ0v) is 14.9. The highest BCUT2D eigenvalue weighted by Gasteiger charge is 2.22. The quantitative estimate of drug-likeness (QED) is 0.864. The van der Waals surface area contributed by atoms with Gasteiger partial charge in [-0.3, -0.25) is 4.79 Å². The minimum absolute atomic E-state index is 0.0281. The Morgan fingerprint density at radius 2 is 2.28 bits per heavy atom. The van der Waals surface area contributed by atoms with E-state index in [1.165, 1.54) is 0 Å². The highest BCUT2D eigenvalue weighted by atomic mass is 16.5. The van der Waals surface area contributed by atoms with Crippen LogP contribution in [0.1, 0.15) is 43.6 Å². The van der Waals surface area contributed by atoms with Crippen molar-refractivity contribution in [3.63, 3.8) is 0 Å². The van der Waals surface area contributed by atoms with Gasteiger partial charge in [0.15, 0.2) is 5.82 Å². The third-order valence-corrected chi connectivity index (χ3v) is 4.38. The van der Waals surface area contributed by atoms with Crippen molar-refractivity contribution in [3.05, 3.63) is 35.6 Å². The second-order valence-electron chi connectivity index (χ2n) is 6.45. The lowest BCUT2D eigenvalue weighted by Gasteiger charge is -2.34. The molecule has 0 saturated carbocycles. The number of aryl methyl sites for hydroxylation is 3. The van der Waals surface area contributed by atoms with Gasteiger partial charge in [-0.15, -0.1) is 0 Å². The molecule has 2 aromatic rings. The molecule has 0 spiro atoms. The number of carbonyl (C=O) groups excluding carboxylic acids is 1. The van der Waals surface area contributed by atoms with Gasteiger partial charge in [0.05, 0.1) is 0 Å². The summed E-state index contributed by atoms with van der Waals surface area (Å²) in [6, 6.07) is 6.19. The minimum atomic E-state index is 0.0281. The molecule has 1 N–H and O–H groups in total. The molecule has 0 radical (unpaired) electrons. The Bertz CT molecular complexity index is 715. The molecule has 1 amide bonds.